The standard InChI is InChI=1S/C38H70N6O10/c1-26(2)42-29(46)24-44(23-28(45)39-12)30(47)14-17-40-33(51)37(8,9)16-19-53-21-22-54-20-18-41-32(50)36(6,7)15-13-27(31(48)49)43-34(52)38(10,11)25-35(3,4)5/h26-27H,13-25H2,1-12H3,(H,39,45)(H,40,51)(H,41,50)(H,42,46)(H,43,52)(H,48,49)/t27-/m0/s1. The van der Waals surface area contributed by atoms with Crippen molar-refractivity contribution in [3.8, 4) is 0 Å². The quantitative estimate of drug-likeness (QED) is 0.0703. The number of aliphatic carboxylic acids is 1. The number of ether oxygens (including phenoxy) is 2. The number of hydrogen-bond donors (Lipinski definition) is 6. The van der Waals surface area contributed by atoms with E-state index in [0.717, 1.165) is 4.90 Å². The summed E-state index contributed by atoms with van der Waals surface area (Å²) in [6.45, 7) is 21.0. The summed E-state index contributed by atoms with van der Waals surface area (Å²) in [4.78, 5) is 88.4. The summed E-state index contributed by atoms with van der Waals surface area (Å²) in [6.07, 6.45) is 1.24. The first kappa shape index (κ1) is 50.2. The van der Waals surface area contributed by atoms with Crippen LogP contribution >= 0.6 is 0 Å². The number of nitrogens with one attached hydrogen (secondary N) is 5. The zero-order valence-electron chi connectivity index (χ0n) is 34.9. The summed E-state index contributed by atoms with van der Waals surface area (Å²) in [6, 6.07) is -1.23. The van der Waals surface area contributed by atoms with E-state index >= 15 is 0 Å². The van der Waals surface area contributed by atoms with Gasteiger partial charge in [-0.3, -0.25) is 28.8 Å². The Morgan fingerprint density at radius 3 is 1.69 bits per heavy atom. The minimum Gasteiger partial charge on any atom is -0.480 e. The van der Waals surface area contributed by atoms with Crippen molar-refractivity contribution < 1.29 is 48.1 Å². The summed E-state index contributed by atoms with van der Waals surface area (Å²) in [5, 5.41) is 23.1. The minimum atomic E-state index is -1.15. The molecule has 0 unspecified atom stereocenters. The maximum absolute atomic E-state index is 12.9. The van der Waals surface area contributed by atoms with Crippen LogP contribution in [0.5, 0.6) is 0 Å². The van der Waals surface area contributed by atoms with E-state index in [1.54, 1.807) is 55.4 Å². The molecule has 0 aromatic heterocycles. The molecule has 0 bridgehead atoms. The van der Waals surface area contributed by atoms with E-state index in [1.165, 1.54) is 7.05 Å². The van der Waals surface area contributed by atoms with Gasteiger partial charge in [-0.2, -0.15) is 0 Å². The Balaban J connectivity index is 4.51. The molecule has 0 rings (SSSR count). The van der Waals surface area contributed by atoms with Gasteiger partial charge in [0.1, 0.15) is 19.1 Å². The van der Waals surface area contributed by atoms with Crippen molar-refractivity contribution in [2.45, 2.75) is 120 Å². The molecule has 0 aromatic rings. The maximum Gasteiger partial charge on any atom is 0.326 e. The minimum absolute atomic E-state index is 0.0387. The van der Waals surface area contributed by atoms with Crippen LogP contribution in [0.2, 0.25) is 0 Å². The molecule has 16 heteroatoms. The first-order valence-electron chi connectivity index (χ1n) is 18.8. The highest BCUT2D eigenvalue weighted by atomic mass is 16.5. The number of carboxylic acids is 1. The van der Waals surface area contributed by atoms with Crippen LogP contribution < -0.4 is 26.6 Å². The Labute approximate surface area is 322 Å². The molecule has 6 amide bonds. The lowest BCUT2D eigenvalue weighted by atomic mass is 9.75. The van der Waals surface area contributed by atoms with Gasteiger partial charge in [-0.1, -0.05) is 62.3 Å². The highest BCUT2D eigenvalue weighted by molar-refractivity contribution is 5.90. The molecular weight excluding hydrogens is 700 g/mol. The third-order valence-electron chi connectivity index (χ3n) is 8.63. The van der Waals surface area contributed by atoms with Crippen LogP contribution in [0.25, 0.3) is 0 Å². The average Bonchev–Trinajstić information content (AvgIpc) is 3.03. The van der Waals surface area contributed by atoms with E-state index in [1.807, 2.05) is 20.8 Å². The number of hydrogen-bond acceptors (Lipinski definition) is 9. The number of carbonyl (C=O) groups is 7. The fraction of sp³-hybridized carbons (Fsp3) is 0.816. The van der Waals surface area contributed by atoms with E-state index in [-0.39, 0.29) is 107 Å². The van der Waals surface area contributed by atoms with Crippen molar-refractivity contribution in [1.82, 2.24) is 31.5 Å². The second-order valence-electron chi connectivity index (χ2n) is 17.2. The van der Waals surface area contributed by atoms with Crippen molar-refractivity contribution in [3.63, 3.8) is 0 Å². The molecule has 0 aliphatic carbocycles. The van der Waals surface area contributed by atoms with Crippen LogP contribution in [0, 0.1) is 21.7 Å². The average molecular weight is 771 g/mol. The Kier molecular flexibility index (Phi) is 21.6. The molecule has 312 valence electrons. The molecule has 0 spiro atoms. The van der Waals surface area contributed by atoms with E-state index in [4.69, 9.17) is 9.47 Å². The van der Waals surface area contributed by atoms with Crippen LogP contribution in [0.1, 0.15) is 108 Å². The normalized spacial score (nSPS) is 12.8. The Morgan fingerprint density at radius 1 is 0.648 bits per heavy atom. The zero-order valence-corrected chi connectivity index (χ0v) is 34.9. The molecule has 0 aliphatic heterocycles. The summed E-state index contributed by atoms with van der Waals surface area (Å²) >= 11 is 0. The topological polar surface area (TPSA) is 222 Å². The van der Waals surface area contributed by atoms with Gasteiger partial charge in [0.2, 0.25) is 35.4 Å². The second-order valence-corrected chi connectivity index (χ2v) is 17.2. The molecule has 1 atom stereocenters. The Morgan fingerprint density at radius 2 is 1.17 bits per heavy atom. The molecule has 0 saturated carbocycles. The van der Waals surface area contributed by atoms with Crippen molar-refractivity contribution in [2.24, 2.45) is 21.7 Å². The number of amides is 6. The van der Waals surface area contributed by atoms with Crippen LogP contribution in [0.4, 0.5) is 0 Å². The third kappa shape index (κ3) is 21.2. The predicted octanol–water partition coefficient (Wildman–Crippen LogP) is 2.00. The first-order valence-corrected chi connectivity index (χ1v) is 18.8. The molecule has 0 heterocycles. The summed E-state index contributed by atoms with van der Waals surface area (Å²) in [7, 11) is 1.44. The summed E-state index contributed by atoms with van der Waals surface area (Å²) < 4.78 is 11.2. The van der Waals surface area contributed by atoms with Crippen molar-refractivity contribution >= 4 is 41.4 Å². The van der Waals surface area contributed by atoms with Gasteiger partial charge in [-0.05, 0) is 44.9 Å². The number of nitrogens with zero attached hydrogens (tertiary/aromatic N) is 1. The van der Waals surface area contributed by atoms with Gasteiger partial charge in [0, 0.05) is 55.5 Å². The lowest BCUT2D eigenvalue weighted by Gasteiger charge is -2.32. The van der Waals surface area contributed by atoms with Gasteiger partial charge in [0.25, 0.3) is 0 Å². The van der Waals surface area contributed by atoms with Crippen LogP contribution in [0.3, 0.4) is 0 Å². The van der Waals surface area contributed by atoms with Gasteiger partial charge in [0.05, 0.1) is 19.8 Å². The highest BCUT2D eigenvalue weighted by Crippen LogP contribution is 2.33. The Bertz CT molecular complexity index is 1260. The molecule has 0 aliphatic rings. The number of carbonyl (C=O) groups excluding carboxylic acids is 6. The van der Waals surface area contributed by atoms with E-state index < -0.39 is 40.1 Å². The molecule has 0 radical (unpaired) electrons. The predicted molar refractivity (Wildman–Crippen MR) is 205 cm³/mol. The highest BCUT2D eigenvalue weighted by Gasteiger charge is 2.36. The fourth-order valence-corrected chi connectivity index (χ4v) is 5.58. The molecule has 6 N–H and O–H groups in total. The summed E-state index contributed by atoms with van der Waals surface area (Å²) in [5.41, 5.74) is -2.54. The molecule has 16 nitrogen and oxygen atoms in total. The first-order chi connectivity index (χ1) is 24.7. The van der Waals surface area contributed by atoms with Crippen molar-refractivity contribution in [1.29, 1.82) is 0 Å². The van der Waals surface area contributed by atoms with Crippen LogP contribution in [0.15, 0.2) is 0 Å². The molecule has 0 aromatic carbocycles. The van der Waals surface area contributed by atoms with Crippen molar-refractivity contribution in [3.05, 3.63) is 0 Å². The monoisotopic (exact) mass is 771 g/mol. The fourth-order valence-electron chi connectivity index (χ4n) is 5.58. The van der Waals surface area contributed by atoms with Crippen LogP contribution in [-0.2, 0) is 43.0 Å². The number of carboxylic acid groups (broad SMARTS) is 1. The summed E-state index contributed by atoms with van der Waals surface area (Å²) in [5.74, 6) is -3.25. The van der Waals surface area contributed by atoms with E-state index in [2.05, 4.69) is 26.6 Å². The van der Waals surface area contributed by atoms with Gasteiger partial charge in [-0.15, -0.1) is 0 Å². The van der Waals surface area contributed by atoms with E-state index in [0.29, 0.717) is 12.8 Å². The molecule has 54 heavy (non-hydrogen) atoms. The van der Waals surface area contributed by atoms with E-state index in [9.17, 15) is 38.7 Å². The van der Waals surface area contributed by atoms with Crippen molar-refractivity contribution in [2.75, 3.05) is 59.7 Å². The number of likely N-dealkylation sites (N-methyl/N-ethyl adjacent to an activating group) is 1. The largest absolute Gasteiger partial charge is 0.480 e. The lowest BCUT2D eigenvalue weighted by molar-refractivity contribution is -0.144. The van der Waals surface area contributed by atoms with Gasteiger partial charge in [-0.25, -0.2) is 4.79 Å². The van der Waals surface area contributed by atoms with Gasteiger partial charge < -0.3 is 46.1 Å². The van der Waals surface area contributed by atoms with Gasteiger partial charge in [0.15, 0.2) is 0 Å². The Hall–Kier alpha value is -3.79. The molecule has 0 fully saturated rings. The van der Waals surface area contributed by atoms with Crippen LogP contribution in [-0.4, -0.2) is 123 Å². The molecule has 0 saturated heterocycles. The smallest absolute Gasteiger partial charge is 0.326 e. The maximum atomic E-state index is 12.9. The zero-order chi connectivity index (χ0) is 41.9. The molecular formula is C38H70N6O10. The number of rotatable bonds is 26. The second kappa shape index (κ2) is 23.2. The third-order valence-corrected chi connectivity index (χ3v) is 8.63. The van der Waals surface area contributed by atoms with Gasteiger partial charge >= 0.3 is 5.97 Å². The lowest BCUT2D eigenvalue weighted by Crippen LogP contribution is -2.48. The SMILES string of the molecule is CNC(=O)CN(CC(=O)NC(C)C)C(=O)CCNC(=O)C(C)(C)CCOCCOCCNC(=O)C(C)(C)CC[C@H](NC(=O)C(C)(C)CC(C)(C)C)C(=O)O.